The van der Waals surface area contributed by atoms with Gasteiger partial charge in [0.2, 0.25) is 5.95 Å². The number of anilines is 2. The SMILES string of the molecule is C[Si](C)(C)CCOCn1ncc(NC(C=NOCC(=O)N2CCN(c3ncc(C(F)(F)F)cn3)CC2)C2CC2)c(C(F)(F)F)c1=O. The van der Waals surface area contributed by atoms with E-state index < -0.39 is 68.1 Å². The van der Waals surface area contributed by atoms with E-state index in [9.17, 15) is 35.9 Å². The summed E-state index contributed by atoms with van der Waals surface area (Å²) < 4.78 is 86.3. The smallest absolute Gasteiger partial charge is 0.386 e. The third kappa shape index (κ3) is 9.88. The van der Waals surface area contributed by atoms with E-state index in [0.29, 0.717) is 36.5 Å². The lowest BCUT2D eigenvalue weighted by Gasteiger charge is -2.34. The lowest BCUT2D eigenvalue weighted by molar-refractivity contribution is -0.139. The first-order valence-corrected chi connectivity index (χ1v) is 18.3. The maximum Gasteiger partial charge on any atom is 0.423 e. The van der Waals surface area contributed by atoms with Crippen LogP contribution in [0, 0.1) is 5.92 Å². The summed E-state index contributed by atoms with van der Waals surface area (Å²) in [6, 6.07) is 0.0650. The summed E-state index contributed by atoms with van der Waals surface area (Å²) >= 11 is 0. The molecule has 1 saturated carbocycles. The molecule has 19 heteroatoms. The van der Waals surface area contributed by atoms with Crippen LogP contribution in [0.15, 0.2) is 28.5 Å². The number of oxime groups is 1. The van der Waals surface area contributed by atoms with Gasteiger partial charge in [0.25, 0.3) is 11.5 Å². The first-order valence-electron chi connectivity index (χ1n) is 14.6. The van der Waals surface area contributed by atoms with Gasteiger partial charge in [-0.05, 0) is 24.8 Å². The predicted octanol–water partition coefficient (Wildman–Crippen LogP) is 3.92. The van der Waals surface area contributed by atoms with Gasteiger partial charge in [0.15, 0.2) is 6.61 Å². The first-order chi connectivity index (χ1) is 21.5. The highest BCUT2D eigenvalue weighted by Gasteiger charge is 2.40. The average Bonchev–Trinajstić information content (AvgIpc) is 3.82. The second kappa shape index (κ2) is 14.4. The number of carbonyl (C=O) groups excluding carboxylic acids is 1. The number of carbonyl (C=O) groups is 1. The van der Waals surface area contributed by atoms with Crippen molar-refractivity contribution < 1.29 is 40.7 Å². The number of aromatic nitrogens is 4. The highest BCUT2D eigenvalue weighted by atomic mass is 28.3. The average molecular weight is 679 g/mol. The van der Waals surface area contributed by atoms with Gasteiger partial charge in [-0.3, -0.25) is 9.59 Å². The van der Waals surface area contributed by atoms with E-state index in [4.69, 9.17) is 9.57 Å². The number of hydrogen-bond donors (Lipinski definition) is 1. The van der Waals surface area contributed by atoms with Gasteiger partial charge in [0.1, 0.15) is 12.3 Å². The summed E-state index contributed by atoms with van der Waals surface area (Å²) in [6.45, 7) is 6.90. The fraction of sp³-hybridized carbons (Fsp3) is 0.630. The van der Waals surface area contributed by atoms with Gasteiger partial charge in [0.05, 0.1) is 29.7 Å². The zero-order chi connectivity index (χ0) is 33.7. The largest absolute Gasteiger partial charge is 0.423 e. The van der Waals surface area contributed by atoms with Crippen LogP contribution in [0.1, 0.15) is 24.0 Å². The molecule has 1 atom stereocenters. The highest BCUT2D eigenvalue weighted by molar-refractivity contribution is 6.76. The van der Waals surface area contributed by atoms with Gasteiger partial charge < -0.3 is 24.7 Å². The summed E-state index contributed by atoms with van der Waals surface area (Å²) in [4.78, 5) is 41.2. The van der Waals surface area contributed by atoms with Crippen LogP contribution in [-0.2, 0) is 33.5 Å². The van der Waals surface area contributed by atoms with Gasteiger partial charge in [-0.25, -0.2) is 14.6 Å². The minimum absolute atomic E-state index is 0.0584. The Morgan fingerprint density at radius 1 is 1.07 bits per heavy atom. The summed E-state index contributed by atoms with van der Waals surface area (Å²) in [7, 11) is -1.43. The Hall–Kier alpha value is -3.74. The van der Waals surface area contributed by atoms with Crippen LogP contribution >= 0.6 is 0 Å². The van der Waals surface area contributed by atoms with Crippen LogP contribution in [-0.4, -0.2) is 90.3 Å². The molecule has 1 N–H and O–H groups in total. The molecule has 0 radical (unpaired) electrons. The number of amides is 1. The fourth-order valence-corrected chi connectivity index (χ4v) is 5.24. The summed E-state index contributed by atoms with van der Waals surface area (Å²) in [6.07, 6.45) is -4.47. The standard InChI is InChI=1S/C27H36F6N8O4Si/c1-46(2,3)11-10-44-17-41-24(43)23(27(31,32)33)21(14-36-41)38-20(18-4-5-18)15-37-45-16-22(42)39-6-8-40(9-7-39)25-34-12-19(13-35-25)26(28,29)30/h12-15,18,20,38H,4-11,16-17H2,1-3H3. The molecule has 4 rings (SSSR count). The lowest BCUT2D eigenvalue weighted by atomic mass is 10.1. The van der Waals surface area contributed by atoms with E-state index in [1.165, 1.54) is 11.1 Å². The molecule has 46 heavy (non-hydrogen) atoms. The molecule has 3 heterocycles. The predicted molar refractivity (Wildman–Crippen MR) is 158 cm³/mol. The fourth-order valence-electron chi connectivity index (χ4n) is 4.48. The van der Waals surface area contributed by atoms with Crippen LogP contribution in [0.4, 0.5) is 38.0 Å². The van der Waals surface area contributed by atoms with Crippen molar-refractivity contribution in [2.45, 2.75) is 63.7 Å². The highest BCUT2D eigenvalue weighted by Crippen LogP contribution is 2.36. The van der Waals surface area contributed by atoms with E-state index in [1.807, 2.05) is 0 Å². The van der Waals surface area contributed by atoms with Crippen molar-refractivity contribution in [2.24, 2.45) is 11.1 Å². The summed E-state index contributed by atoms with van der Waals surface area (Å²) in [5, 5.41) is 10.4. The molecule has 0 spiro atoms. The minimum Gasteiger partial charge on any atom is -0.386 e. The number of rotatable bonds is 13. The Bertz CT molecular complexity index is 1420. The second-order valence-corrected chi connectivity index (χ2v) is 17.9. The molecule has 1 aliphatic heterocycles. The Labute approximate surface area is 261 Å². The molecule has 0 bridgehead atoms. The van der Waals surface area contributed by atoms with Crippen LogP contribution in [0.3, 0.4) is 0 Å². The van der Waals surface area contributed by atoms with Gasteiger partial charge in [-0.1, -0.05) is 24.8 Å². The summed E-state index contributed by atoms with van der Waals surface area (Å²) in [5.74, 6) is -0.344. The summed E-state index contributed by atoms with van der Waals surface area (Å²) in [5.41, 5.74) is -4.18. The van der Waals surface area contributed by atoms with Crippen molar-refractivity contribution in [1.82, 2.24) is 24.6 Å². The molecular weight excluding hydrogens is 642 g/mol. The Morgan fingerprint density at radius 3 is 2.28 bits per heavy atom. The lowest BCUT2D eigenvalue weighted by Crippen LogP contribution is -2.50. The van der Waals surface area contributed by atoms with Gasteiger partial charge in [-0.15, -0.1) is 0 Å². The van der Waals surface area contributed by atoms with E-state index in [0.717, 1.165) is 12.2 Å². The minimum atomic E-state index is -4.96. The molecule has 0 aromatic carbocycles. The van der Waals surface area contributed by atoms with Crippen molar-refractivity contribution in [1.29, 1.82) is 0 Å². The normalized spacial score (nSPS) is 17.0. The topological polar surface area (TPSA) is 127 Å². The van der Waals surface area contributed by atoms with E-state index in [1.54, 1.807) is 4.90 Å². The third-order valence-electron chi connectivity index (χ3n) is 7.35. The quantitative estimate of drug-likeness (QED) is 0.110. The number of ether oxygens (including phenoxy) is 1. The van der Waals surface area contributed by atoms with Gasteiger partial charge in [0, 0.05) is 53.3 Å². The molecule has 2 aromatic rings. The van der Waals surface area contributed by atoms with Crippen LogP contribution in [0.2, 0.25) is 25.7 Å². The maximum absolute atomic E-state index is 14.0. The van der Waals surface area contributed by atoms with Crippen molar-refractivity contribution in [2.75, 3.05) is 49.6 Å². The number of hydrogen-bond acceptors (Lipinski definition) is 10. The van der Waals surface area contributed by atoms with Crippen molar-refractivity contribution in [3.05, 3.63) is 40.1 Å². The molecule has 2 fully saturated rings. The maximum atomic E-state index is 14.0. The Kier molecular flexibility index (Phi) is 11.0. The molecule has 254 valence electrons. The molecule has 1 amide bonds. The zero-order valence-electron chi connectivity index (χ0n) is 25.6. The van der Waals surface area contributed by atoms with E-state index in [2.05, 4.69) is 45.2 Å². The number of nitrogens with zero attached hydrogens (tertiary/aromatic N) is 7. The van der Waals surface area contributed by atoms with Crippen LogP contribution in [0.5, 0.6) is 0 Å². The Morgan fingerprint density at radius 2 is 1.72 bits per heavy atom. The van der Waals surface area contributed by atoms with Crippen LogP contribution < -0.4 is 15.8 Å². The molecular formula is C27H36F6N8O4Si. The third-order valence-corrected chi connectivity index (χ3v) is 9.06. The molecule has 12 nitrogen and oxygen atoms in total. The van der Waals surface area contributed by atoms with Gasteiger partial charge >= 0.3 is 12.4 Å². The van der Waals surface area contributed by atoms with Crippen molar-refractivity contribution >= 4 is 31.8 Å². The molecule has 2 aromatic heterocycles. The van der Waals surface area contributed by atoms with E-state index in [-0.39, 0.29) is 38.0 Å². The van der Waals surface area contributed by atoms with Crippen molar-refractivity contribution in [3.8, 4) is 0 Å². The Balaban J connectivity index is 1.30. The number of nitrogens with one attached hydrogen (secondary N) is 1. The van der Waals surface area contributed by atoms with Crippen molar-refractivity contribution in [3.63, 3.8) is 0 Å². The molecule has 1 saturated heterocycles. The monoisotopic (exact) mass is 678 g/mol. The second-order valence-electron chi connectivity index (χ2n) is 12.3. The number of piperazine rings is 1. The molecule has 1 aliphatic carbocycles. The zero-order valence-corrected chi connectivity index (χ0v) is 26.6. The van der Waals surface area contributed by atoms with E-state index >= 15 is 0 Å². The van der Waals surface area contributed by atoms with Gasteiger partial charge in [-0.2, -0.15) is 31.4 Å². The number of alkyl halides is 6. The number of halogens is 6. The van der Waals surface area contributed by atoms with Crippen LogP contribution in [0.25, 0.3) is 0 Å². The molecule has 2 aliphatic rings. The first kappa shape index (κ1) is 35.1. The molecule has 1 unspecified atom stereocenters.